The smallest absolute Gasteiger partial charge is 0.264 e. The number of nitrogens with zero attached hydrogens (tertiary/aromatic N) is 2. The van der Waals surface area contributed by atoms with Crippen molar-refractivity contribution in [3.05, 3.63) is 129 Å². The number of aryl methyl sites for hydroxylation is 1. The van der Waals surface area contributed by atoms with E-state index in [2.05, 4.69) is 5.32 Å². The first kappa shape index (κ1) is 34.0. The molecule has 10 heteroatoms. The average Bonchev–Trinajstić information content (AvgIpc) is 2.99. The molecule has 0 radical (unpaired) electrons. The Balaban J connectivity index is 1.84. The summed E-state index contributed by atoms with van der Waals surface area (Å²) in [7, 11) is -4.24. The first-order chi connectivity index (χ1) is 21.4. The van der Waals surface area contributed by atoms with Crippen LogP contribution in [0.4, 0.5) is 5.69 Å². The Labute approximate surface area is 275 Å². The van der Waals surface area contributed by atoms with Crippen molar-refractivity contribution in [1.82, 2.24) is 10.2 Å². The summed E-state index contributed by atoms with van der Waals surface area (Å²) in [4.78, 5) is 29.8. The van der Waals surface area contributed by atoms with E-state index in [-0.39, 0.29) is 35.5 Å². The highest BCUT2D eigenvalue weighted by Crippen LogP contribution is 2.31. The van der Waals surface area contributed by atoms with Gasteiger partial charge in [-0.3, -0.25) is 13.9 Å². The predicted molar refractivity (Wildman–Crippen MR) is 181 cm³/mol. The van der Waals surface area contributed by atoms with Crippen LogP contribution in [-0.4, -0.2) is 43.8 Å². The summed E-state index contributed by atoms with van der Waals surface area (Å²) in [5, 5.41) is 3.79. The van der Waals surface area contributed by atoms with Crippen LogP contribution in [0, 0.1) is 13.8 Å². The van der Waals surface area contributed by atoms with Gasteiger partial charge in [0, 0.05) is 29.1 Å². The maximum Gasteiger partial charge on any atom is 0.264 e. The number of rotatable bonds is 12. The van der Waals surface area contributed by atoms with Gasteiger partial charge in [0.2, 0.25) is 11.8 Å². The number of sulfonamides is 1. The van der Waals surface area contributed by atoms with Crippen molar-refractivity contribution >= 4 is 50.7 Å². The lowest BCUT2D eigenvalue weighted by molar-refractivity contribution is -0.140. The second-order valence-corrected chi connectivity index (χ2v) is 13.9. The van der Waals surface area contributed by atoms with Gasteiger partial charge in [-0.2, -0.15) is 0 Å². The van der Waals surface area contributed by atoms with Crippen molar-refractivity contribution < 1.29 is 18.0 Å². The molecule has 0 saturated carbocycles. The minimum atomic E-state index is -4.24. The van der Waals surface area contributed by atoms with Crippen LogP contribution in [0.1, 0.15) is 36.1 Å². The summed E-state index contributed by atoms with van der Waals surface area (Å²) in [5.74, 6) is -0.916. The van der Waals surface area contributed by atoms with E-state index < -0.39 is 28.5 Å². The van der Waals surface area contributed by atoms with Gasteiger partial charge < -0.3 is 10.2 Å². The number of anilines is 1. The van der Waals surface area contributed by atoms with E-state index in [1.165, 1.54) is 17.0 Å². The van der Waals surface area contributed by atoms with Gasteiger partial charge in [-0.15, -0.1) is 0 Å². The van der Waals surface area contributed by atoms with Crippen LogP contribution in [0.3, 0.4) is 0 Å². The largest absolute Gasteiger partial charge is 0.352 e. The van der Waals surface area contributed by atoms with Crippen LogP contribution in [0.2, 0.25) is 10.0 Å². The maximum atomic E-state index is 14.5. The molecule has 1 atom stereocenters. The Morgan fingerprint density at radius 1 is 0.822 bits per heavy atom. The van der Waals surface area contributed by atoms with E-state index in [0.29, 0.717) is 21.2 Å². The van der Waals surface area contributed by atoms with Crippen molar-refractivity contribution in [3.8, 4) is 0 Å². The van der Waals surface area contributed by atoms with E-state index in [9.17, 15) is 18.0 Å². The summed E-state index contributed by atoms with van der Waals surface area (Å²) in [5.41, 5.74) is 3.20. The summed E-state index contributed by atoms with van der Waals surface area (Å²) in [6.07, 6.45) is 0.215. The molecule has 1 N–H and O–H groups in total. The number of benzene rings is 4. The van der Waals surface area contributed by atoms with Gasteiger partial charge in [-0.1, -0.05) is 89.4 Å². The molecular formula is C35H37Cl2N3O4S. The lowest BCUT2D eigenvalue weighted by atomic mass is 10.0. The molecule has 4 aromatic carbocycles. The third-order valence-corrected chi connectivity index (χ3v) is 9.76. The number of hydrogen-bond donors (Lipinski definition) is 1. The van der Waals surface area contributed by atoms with E-state index in [0.717, 1.165) is 15.4 Å². The number of amides is 2. The van der Waals surface area contributed by atoms with Gasteiger partial charge in [0.15, 0.2) is 0 Å². The van der Waals surface area contributed by atoms with E-state index in [1.54, 1.807) is 55.5 Å². The molecule has 0 aliphatic heterocycles. The lowest BCUT2D eigenvalue weighted by Gasteiger charge is -2.34. The molecule has 4 aromatic rings. The summed E-state index contributed by atoms with van der Waals surface area (Å²) >= 11 is 12.7. The van der Waals surface area contributed by atoms with Crippen molar-refractivity contribution in [2.75, 3.05) is 10.8 Å². The van der Waals surface area contributed by atoms with Crippen LogP contribution in [0.5, 0.6) is 0 Å². The van der Waals surface area contributed by atoms with Crippen molar-refractivity contribution in [2.24, 2.45) is 0 Å². The number of halogens is 2. The lowest BCUT2D eigenvalue weighted by Crippen LogP contribution is -2.54. The maximum absolute atomic E-state index is 14.5. The second-order valence-electron chi connectivity index (χ2n) is 11.2. The number of hydrogen-bond acceptors (Lipinski definition) is 4. The SMILES string of the molecule is Cc1ccc(S(=O)(=O)N(CC(=O)N(Cc2cccc(Cl)c2)[C@H](Cc2ccccc2)C(=O)NC(C)C)c2cccc(Cl)c2C)cc1. The van der Waals surface area contributed by atoms with Gasteiger partial charge in [0.1, 0.15) is 12.6 Å². The fourth-order valence-corrected chi connectivity index (χ4v) is 6.84. The van der Waals surface area contributed by atoms with E-state index in [1.807, 2.05) is 57.2 Å². The number of nitrogens with one attached hydrogen (secondary N) is 1. The van der Waals surface area contributed by atoms with Crippen molar-refractivity contribution in [1.29, 1.82) is 0 Å². The fourth-order valence-electron chi connectivity index (χ4n) is 4.98. The van der Waals surface area contributed by atoms with Gasteiger partial charge in [0.05, 0.1) is 10.6 Å². The Kier molecular flexibility index (Phi) is 11.3. The highest BCUT2D eigenvalue weighted by molar-refractivity contribution is 7.92. The Morgan fingerprint density at radius 3 is 2.11 bits per heavy atom. The molecule has 0 bridgehead atoms. The second kappa shape index (κ2) is 15.0. The third kappa shape index (κ3) is 8.66. The fraction of sp³-hybridized carbons (Fsp3) is 0.257. The quantitative estimate of drug-likeness (QED) is 0.177. The van der Waals surface area contributed by atoms with Gasteiger partial charge in [-0.25, -0.2) is 8.42 Å². The zero-order valence-corrected chi connectivity index (χ0v) is 28.0. The third-order valence-electron chi connectivity index (χ3n) is 7.34. The first-order valence-corrected chi connectivity index (χ1v) is 16.8. The zero-order chi connectivity index (χ0) is 32.7. The first-order valence-electron chi connectivity index (χ1n) is 14.6. The topological polar surface area (TPSA) is 86.8 Å². The molecule has 2 amide bonds. The molecule has 0 unspecified atom stereocenters. The van der Waals surface area contributed by atoms with Crippen LogP contribution in [0.25, 0.3) is 0 Å². The molecule has 7 nitrogen and oxygen atoms in total. The predicted octanol–water partition coefficient (Wildman–Crippen LogP) is 6.97. The van der Waals surface area contributed by atoms with Crippen LogP contribution >= 0.6 is 23.2 Å². The summed E-state index contributed by atoms with van der Waals surface area (Å²) in [6.45, 7) is 6.71. The van der Waals surface area contributed by atoms with Crippen LogP contribution in [0.15, 0.2) is 102 Å². The summed E-state index contributed by atoms with van der Waals surface area (Å²) < 4.78 is 29.5. The van der Waals surface area contributed by atoms with E-state index >= 15 is 0 Å². The molecule has 4 rings (SSSR count). The van der Waals surface area contributed by atoms with Gasteiger partial charge in [-0.05, 0) is 80.8 Å². The Bertz CT molecular complexity index is 1750. The molecular weight excluding hydrogens is 629 g/mol. The van der Waals surface area contributed by atoms with Crippen LogP contribution < -0.4 is 9.62 Å². The number of carbonyl (C=O) groups excluding carboxylic acids is 2. The van der Waals surface area contributed by atoms with Crippen molar-refractivity contribution in [3.63, 3.8) is 0 Å². The summed E-state index contributed by atoms with van der Waals surface area (Å²) in [6, 6.07) is 26.6. The molecule has 0 spiro atoms. The molecule has 0 aliphatic carbocycles. The Hall–Kier alpha value is -3.85. The molecule has 45 heavy (non-hydrogen) atoms. The normalized spacial score (nSPS) is 12.1. The number of carbonyl (C=O) groups is 2. The van der Waals surface area contributed by atoms with Gasteiger partial charge >= 0.3 is 0 Å². The molecule has 0 fully saturated rings. The molecule has 236 valence electrons. The van der Waals surface area contributed by atoms with Crippen molar-refractivity contribution in [2.45, 2.75) is 57.6 Å². The highest BCUT2D eigenvalue weighted by atomic mass is 35.5. The molecule has 0 heterocycles. The monoisotopic (exact) mass is 665 g/mol. The van der Waals surface area contributed by atoms with Crippen LogP contribution in [-0.2, 0) is 32.6 Å². The zero-order valence-electron chi connectivity index (χ0n) is 25.7. The minimum absolute atomic E-state index is 0.0232. The molecule has 0 aliphatic rings. The standard InChI is InChI=1S/C35H37Cl2N3O4S/c1-24(2)38-35(42)33(21-27-10-6-5-7-11-27)39(22-28-12-8-13-29(36)20-28)34(41)23-40(32-15-9-14-31(37)26(32)4)45(43,44)30-18-16-25(3)17-19-30/h5-20,24,33H,21-23H2,1-4H3,(H,38,42)/t33-/m1/s1. The minimum Gasteiger partial charge on any atom is -0.352 e. The van der Waals surface area contributed by atoms with Gasteiger partial charge in [0.25, 0.3) is 10.0 Å². The highest BCUT2D eigenvalue weighted by Gasteiger charge is 2.35. The van der Waals surface area contributed by atoms with E-state index in [4.69, 9.17) is 23.2 Å². The average molecular weight is 667 g/mol. The Morgan fingerprint density at radius 2 is 1.47 bits per heavy atom. The molecule has 0 saturated heterocycles. The molecule has 0 aromatic heterocycles.